The molecule has 0 aromatic heterocycles. The average molecular weight is 453 g/mol. The Hall–Kier alpha value is -3.72. The highest BCUT2D eigenvalue weighted by atomic mass is 16.3. The molecule has 0 amide bonds. The van der Waals surface area contributed by atoms with E-state index in [-0.39, 0.29) is 17.2 Å². The molecule has 0 fully saturated rings. The third-order valence-corrected chi connectivity index (χ3v) is 6.91. The van der Waals surface area contributed by atoms with Crippen molar-refractivity contribution in [3.05, 3.63) is 123 Å². The van der Waals surface area contributed by atoms with Gasteiger partial charge in [-0.05, 0) is 128 Å². The molecular formula is C31H32O3. The van der Waals surface area contributed by atoms with Gasteiger partial charge in [-0.15, -0.1) is 0 Å². The van der Waals surface area contributed by atoms with Crippen LogP contribution >= 0.6 is 0 Å². The second-order valence-corrected chi connectivity index (χ2v) is 9.57. The summed E-state index contributed by atoms with van der Waals surface area (Å²) in [5.41, 5.74) is 9.43. The molecule has 0 aliphatic heterocycles. The van der Waals surface area contributed by atoms with Gasteiger partial charge in [0.05, 0.1) is 0 Å². The van der Waals surface area contributed by atoms with Gasteiger partial charge in [-0.25, -0.2) is 0 Å². The van der Waals surface area contributed by atoms with E-state index >= 15 is 0 Å². The van der Waals surface area contributed by atoms with E-state index in [0.717, 1.165) is 50.9 Å². The van der Waals surface area contributed by atoms with Gasteiger partial charge in [0.15, 0.2) is 0 Å². The number of aromatic hydroxyl groups is 3. The van der Waals surface area contributed by atoms with Crippen LogP contribution in [0.5, 0.6) is 17.2 Å². The normalized spacial score (nSPS) is 11.6. The molecule has 0 spiro atoms. The predicted molar refractivity (Wildman–Crippen MR) is 138 cm³/mol. The van der Waals surface area contributed by atoms with Gasteiger partial charge in [-0.3, -0.25) is 0 Å². The molecule has 0 heterocycles. The van der Waals surface area contributed by atoms with Crippen LogP contribution in [-0.4, -0.2) is 15.3 Å². The van der Waals surface area contributed by atoms with Crippen LogP contribution < -0.4 is 0 Å². The van der Waals surface area contributed by atoms with Crippen LogP contribution in [0, 0.1) is 27.7 Å². The first-order valence-corrected chi connectivity index (χ1v) is 11.6. The Kier molecular flexibility index (Phi) is 6.14. The van der Waals surface area contributed by atoms with Crippen molar-refractivity contribution in [2.24, 2.45) is 0 Å². The number of rotatable bonds is 5. The van der Waals surface area contributed by atoms with Crippen LogP contribution in [-0.2, 0) is 11.8 Å². The van der Waals surface area contributed by atoms with Crippen molar-refractivity contribution in [3.63, 3.8) is 0 Å². The van der Waals surface area contributed by atoms with E-state index in [4.69, 9.17) is 0 Å². The molecule has 0 radical (unpaired) electrons. The molecule has 0 aliphatic carbocycles. The smallest absolute Gasteiger partial charge is 0.116 e. The van der Waals surface area contributed by atoms with Crippen LogP contribution in [0.25, 0.3) is 0 Å². The van der Waals surface area contributed by atoms with Crippen molar-refractivity contribution >= 4 is 0 Å². The Morgan fingerprint density at radius 3 is 1.26 bits per heavy atom. The maximum Gasteiger partial charge on any atom is 0.116 e. The first kappa shape index (κ1) is 23.4. The van der Waals surface area contributed by atoms with Crippen molar-refractivity contribution in [2.45, 2.75) is 46.5 Å². The molecule has 34 heavy (non-hydrogen) atoms. The lowest BCUT2D eigenvalue weighted by Gasteiger charge is -2.37. The summed E-state index contributed by atoms with van der Waals surface area (Å²) < 4.78 is 0. The fourth-order valence-corrected chi connectivity index (χ4v) is 5.68. The van der Waals surface area contributed by atoms with Crippen molar-refractivity contribution < 1.29 is 15.3 Å². The standard InChI is InChI=1S/C31H32O3/c1-19-14-27(33)15-20(2)29(19)31(5,30-21(3)16-28(34)17-22(30)4)25-10-6-23(7-11-25)18-24-8-12-26(32)13-9-24/h6-17,32-34H,18H2,1-5H3. The lowest BCUT2D eigenvalue weighted by Crippen LogP contribution is -2.29. The SMILES string of the molecule is Cc1cc(O)cc(C)c1C(C)(c1ccc(Cc2ccc(O)cc2)cc1)c1c(C)cc(O)cc1C. The molecule has 3 N–H and O–H groups in total. The molecule has 0 saturated heterocycles. The Labute approximate surface area is 202 Å². The van der Waals surface area contributed by atoms with E-state index in [0.29, 0.717) is 0 Å². The lowest BCUT2D eigenvalue weighted by atomic mass is 9.66. The van der Waals surface area contributed by atoms with Gasteiger partial charge >= 0.3 is 0 Å². The van der Waals surface area contributed by atoms with Crippen LogP contribution in [0.1, 0.15) is 57.0 Å². The third-order valence-electron chi connectivity index (χ3n) is 6.91. The van der Waals surface area contributed by atoms with Gasteiger partial charge < -0.3 is 15.3 Å². The number of benzene rings is 4. The number of phenols is 3. The maximum absolute atomic E-state index is 10.2. The Bertz CT molecular complexity index is 1230. The summed E-state index contributed by atoms with van der Waals surface area (Å²) in [5, 5.41) is 30.0. The highest BCUT2D eigenvalue weighted by Gasteiger charge is 2.36. The predicted octanol–water partition coefficient (Wildman–Crippen LogP) is 6.98. The van der Waals surface area contributed by atoms with Crippen LogP contribution in [0.2, 0.25) is 0 Å². The van der Waals surface area contributed by atoms with Crippen molar-refractivity contribution in [1.82, 2.24) is 0 Å². The summed E-state index contributed by atoms with van der Waals surface area (Å²) in [7, 11) is 0. The minimum absolute atomic E-state index is 0.268. The quantitative estimate of drug-likeness (QED) is 0.286. The van der Waals surface area contributed by atoms with Gasteiger partial charge in [0.2, 0.25) is 0 Å². The topological polar surface area (TPSA) is 60.7 Å². The first-order valence-electron chi connectivity index (χ1n) is 11.6. The van der Waals surface area contributed by atoms with Crippen LogP contribution in [0.3, 0.4) is 0 Å². The maximum atomic E-state index is 10.2. The minimum Gasteiger partial charge on any atom is -0.508 e. The molecule has 0 saturated carbocycles. The van der Waals surface area contributed by atoms with E-state index in [2.05, 4.69) is 31.2 Å². The number of phenolic OH excluding ortho intramolecular Hbond substituents is 3. The summed E-state index contributed by atoms with van der Waals surface area (Å²) >= 11 is 0. The summed E-state index contributed by atoms with van der Waals surface area (Å²) in [5.74, 6) is 0.808. The molecule has 0 aliphatic rings. The summed E-state index contributed by atoms with van der Waals surface area (Å²) in [6.45, 7) is 10.4. The molecule has 4 aromatic carbocycles. The van der Waals surface area contributed by atoms with Gasteiger partial charge in [0, 0.05) is 5.41 Å². The van der Waals surface area contributed by atoms with Gasteiger partial charge in [-0.1, -0.05) is 36.4 Å². The lowest BCUT2D eigenvalue weighted by molar-refractivity contribution is 0.472. The minimum atomic E-state index is -0.485. The molecule has 4 aromatic rings. The molecule has 0 atom stereocenters. The molecule has 0 unspecified atom stereocenters. The molecule has 174 valence electrons. The fourth-order valence-electron chi connectivity index (χ4n) is 5.68. The van der Waals surface area contributed by atoms with Gasteiger partial charge in [0.1, 0.15) is 17.2 Å². The second kappa shape index (κ2) is 8.90. The summed E-state index contributed by atoms with van der Waals surface area (Å²) in [4.78, 5) is 0. The number of aryl methyl sites for hydroxylation is 4. The van der Waals surface area contributed by atoms with Gasteiger partial charge in [-0.2, -0.15) is 0 Å². The molecular weight excluding hydrogens is 420 g/mol. The average Bonchev–Trinajstić information content (AvgIpc) is 2.74. The number of hydrogen-bond acceptors (Lipinski definition) is 3. The zero-order valence-corrected chi connectivity index (χ0v) is 20.5. The highest BCUT2D eigenvalue weighted by molar-refractivity contribution is 5.61. The zero-order chi connectivity index (χ0) is 24.6. The second-order valence-electron chi connectivity index (χ2n) is 9.57. The monoisotopic (exact) mass is 452 g/mol. The molecule has 3 heteroatoms. The van der Waals surface area contributed by atoms with E-state index in [1.165, 1.54) is 5.56 Å². The van der Waals surface area contributed by atoms with Crippen molar-refractivity contribution in [3.8, 4) is 17.2 Å². The molecule has 0 bridgehead atoms. The van der Waals surface area contributed by atoms with E-state index in [1.54, 1.807) is 12.1 Å². The Morgan fingerprint density at radius 2 is 0.882 bits per heavy atom. The first-order chi connectivity index (χ1) is 16.1. The summed E-state index contributed by atoms with van der Waals surface area (Å²) in [6, 6.07) is 23.3. The largest absolute Gasteiger partial charge is 0.508 e. The summed E-state index contributed by atoms with van der Waals surface area (Å²) in [6.07, 6.45) is 0.784. The molecule has 3 nitrogen and oxygen atoms in total. The van der Waals surface area contributed by atoms with E-state index in [9.17, 15) is 15.3 Å². The van der Waals surface area contributed by atoms with Crippen LogP contribution in [0.4, 0.5) is 0 Å². The third kappa shape index (κ3) is 4.26. The Morgan fingerprint density at radius 1 is 0.529 bits per heavy atom. The number of hydrogen-bond donors (Lipinski definition) is 3. The van der Waals surface area contributed by atoms with Crippen molar-refractivity contribution in [1.29, 1.82) is 0 Å². The van der Waals surface area contributed by atoms with E-state index in [1.807, 2.05) is 64.1 Å². The highest BCUT2D eigenvalue weighted by Crippen LogP contribution is 2.46. The van der Waals surface area contributed by atoms with E-state index < -0.39 is 5.41 Å². The van der Waals surface area contributed by atoms with Crippen molar-refractivity contribution in [2.75, 3.05) is 0 Å². The van der Waals surface area contributed by atoms with Gasteiger partial charge in [0.25, 0.3) is 0 Å². The Balaban J connectivity index is 1.88. The fraction of sp³-hybridized carbons (Fsp3) is 0.226. The zero-order valence-electron chi connectivity index (χ0n) is 20.5. The van der Waals surface area contributed by atoms with Crippen LogP contribution in [0.15, 0.2) is 72.8 Å². The molecule has 4 rings (SSSR count).